The number of rotatable bonds is 50. The van der Waals surface area contributed by atoms with Crippen molar-refractivity contribution in [3.8, 4) is 0 Å². The zero-order valence-electron chi connectivity index (χ0n) is 41.7. The van der Waals surface area contributed by atoms with Crippen LogP contribution in [0.4, 0.5) is 0 Å². The van der Waals surface area contributed by atoms with E-state index in [0.717, 1.165) is 57.8 Å². The van der Waals surface area contributed by atoms with Crippen LogP contribution in [-0.4, -0.2) is 37.2 Å². The van der Waals surface area contributed by atoms with Crippen molar-refractivity contribution in [1.29, 1.82) is 0 Å². The van der Waals surface area contributed by atoms with Crippen molar-refractivity contribution in [2.45, 2.75) is 303 Å². The minimum Gasteiger partial charge on any atom is -0.462 e. The van der Waals surface area contributed by atoms with Crippen LogP contribution in [0.2, 0.25) is 0 Å². The quantitative estimate of drug-likeness (QED) is 0.0262. The summed E-state index contributed by atoms with van der Waals surface area (Å²) in [5.74, 6) is -0.864. The zero-order valence-corrected chi connectivity index (χ0v) is 41.7. The fourth-order valence-corrected chi connectivity index (χ4v) is 8.02. The Morgan fingerprint density at radius 1 is 0.306 bits per heavy atom. The normalized spacial score (nSPS) is 12.1. The third kappa shape index (κ3) is 48.9. The third-order valence-electron chi connectivity index (χ3n) is 12.2. The fourth-order valence-electron chi connectivity index (χ4n) is 8.02. The molecule has 0 aliphatic heterocycles. The second-order valence-corrected chi connectivity index (χ2v) is 18.5. The number of unbranched alkanes of at least 4 members (excludes halogenated alkanes) is 35. The summed E-state index contributed by atoms with van der Waals surface area (Å²) in [6.45, 7) is 6.64. The summed E-state index contributed by atoms with van der Waals surface area (Å²) in [6.07, 6.45) is 58.7. The predicted octanol–water partition coefficient (Wildman–Crippen LogP) is 17.9. The van der Waals surface area contributed by atoms with E-state index in [4.69, 9.17) is 14.2 Å². The molecule has 0 fully saturated rings. The van der Waals surface area contributed by atoms with Crippen LogP contribution in [0.5, 0.6) is 0 Å². The maximum absolute atomic E-state index is 12.8. The average Bonchev–Trinajstić information content (AvgIpc) is 3.27. The first-order chi connectivity index (χ1) is 30.5. The van der Waals surface area contributed by atoms with E-state index in [1.165, 1.54) is 199 Å². The van der Waals surface area contributed by atoms with Gasteiger partial charge in [0.1, 0.15) is 13.2 Å². The fraction of sp³-hybridized carbons (Fsp3) is 0.875. The first-order valence-corrected chi connectivity index (χ1v) is 27.3. The molecule has 0 saturated carbocycles. The second-order valence-electron chi connectivity index (χ2n) is 18.5. The molecule has 0 saturated heterocycles. The molecule has 0 N–H and O–H groups in total. The molecule has 0 aliphatic carbocycles. The largest absolute Gasteiger partial charge is 0.462 e. The molecule has 0 aromatic heterocycles. The molecule has 0 radical (unpaired) electrons. The Balaban J connectivity index is 4.33. The van der Waals surface area contributed by atoms with Crippen molar-refractivity contribution < 1.29 is 28.6 Å². The Morgan fingerprint density at radius 3 is 0.823 bits per heavy atom. The molecule has 364 valence electrons. The van der Waals surface area contributed by atoms with Crippen molar-refractivity contribution in [1.82, 2.24) is 0 Å². The molecular weight excluding hydrogens is 769 g/mol. The van der Waals surface area contributed by atoms with Crippen LogP contribution in [0.3, 0.4) is 0 Å². The van der Waals surface area contributed by atoms with Gasteiger partial charge in [-0.05, 0) is 70.6 Å². The molecule has 0 aliphatic rings. The number of hydrogen-bond donors (Lipinski definition) is 0. The van der Waals surface area contributed by atoms with Gasteiger partial charge in [-0.15, -0.1) is 0 Å². The maximum atomic E-state index is 12.8. The monoisotopic (exact) mass is 873 g/mol. The molecule has 0 rings (SSSR count). The van der Waals surface area contributed by atoms with Crippen LogP contribution >= 0.6 is 0 Å². The van der Waals surface area contributed by atoms with E-state index in [-0.39, 0.29) is 31.1 Å². The summed E-state index contributed by atoms with van der Waals surface area (Å²) < 4.78 is 16.8. The maximum Gasteiger partial charge on any atom is 0.306 e. The smallest absolute Gasteiger partial charge is 0.306 e. The van der Waals surface area contributed by atoms with Crippen LogP contribution in [0.15, 0.2) is 24.3 Å². The second kappa shape index (κ2) is 51.5. The summed E-state index contributed by atoms with van der Waals surface area (Å²) in [7, 11) is 0. The molecular formula is C56H104O6. The van der Waals surface area contributed by atoms with E-state index >= 15 is 0 Å². The first-order valence-electron chi connectivity index (χ1n) is 27.3. The first kappa shape index (κ1) is 59.9. The van der Waals surface area contributed by atoms with Gasteiger partial charge in [-0.25, -0.2) is 0 Å². The summed E-state index contributed by atoms with van der Waals surface area (Å²) in [4.78, 5) is 38.0. The van der Waals surface area contributed by atoms with E-state index in [9.17, 15) is 14.4 Å². The molecule has 62 heavy (non-hydrogen) atoms. The standard InChI is InChI=1S/C56H104O6/c1-4-7-10-13-16-19-22-25-27-28-30-31-34-37-40-43-46-49-55(58)61-52-53(51-60-54(57)48-45-42-39-36-33-24-21-18-15-12-9-6-3)62-56(59)50-47-44-41-38-35-32-29-26-23-20-17-14-11-8-5-2/h20,23,25,27,53H,4-19,21-22,24,26,28-52H2,1-3H3/b23-20-,27-25-. The number of ether oxygens (including phenoxy) is 3. The van der Waals surface area contributed by atoms with Gasteiger partial charge in [0.2, 0.25) is 0 Å². The lowest BCUT2D eigenvalue weighted by molar-refractivity contribution is -0.167. The Hall–Kier alpha value is -2.11. The molecule has 1 unspecified atom stereocenters. The number of carbonyl (C=O) groups excluding carboxylic acids is 3. The Bertz CT molecular complexity index is 1000. The van der Waals surface area contributed by atoms with Crippen molar-refractivity contribution in [3.05, 3.63) is 24.3 Å². The van der Waals surface area contributed by atoms with Crippen molar-refractivity contribution in [2.24, 2.45) is 0 Å². The van der Waals surface area contributed by atoms with Crippen molar-refractivity contribution in [2.75, 3.05) is 13.2 Å². The van der Waals surface area contributed by atoms with E-state index < -0.39 is 6.10 Å². The molecule has 0 amide bonds. The number of carbonyl (C=O) groups is 3. The topological polar surface area (TPSA) is 78.9 Å². The summed E-state index contributed by atoms with van der Waals surface area (Å²) >= 11 is 0. The third-order valence-corrected chi connectivity index (χ3v) is 12.2. The van der Waals surface area contributed by atoms with Gasteiger partial charge in [-0.3, -0.25) is 14.4 Å². The van der Waals surface area contributed by atoms with Gasteiger partial charge in [0.15, 0.2) is 6.10 Å². The van der Waals surface area contributed by atoms with Crippen LogP contribution in [-0.2, 0) is 28.6 Å². The van der Waals surface area contributed by atoms with Crippen molar-refractivity contribution in [3.63, 3.8) is 0 Å². The predicted molar refractivity (Wildman–Crippen MR) is 266 cm³/mol. The molecule has 1 atom stereocenters. The Morgan fingerprint density at radius 2 is 0.532 bits per heavy atom. The molecule has 0 heterocycles. The van der Waals surface area contributed by atoms with Crippen LogP contribution in [0.1, 0.15) is 297 Å². The van der Waals surface area contributed by atoms with Gasteiger partial charge in [-0.2, -0.15) is 0 Å². The highest BCUT2D eigenvalue weighted by molar-refractivity contribution is 5.71. The summed E-state index contributed by atoms with van der Waals surface area (Å²) in [6, 6.07) is 0. The van der Waals surface area contributed by atoms with Crippen LogP contribution in [0, 0.1) is 0 Å². The molecule has 0 aromatic rings. The highest BCUT2D eigenvalue weighted by Crippen LogP contribution is 2.16. The van der Waals surface area contributed by atoms with E-state index in [2.05, 4.69) is 45.1 Å². The lowest BCUT2D eigenvalue weighted by Crippen LogP contribution is -2.30. The zero-order chi connectivity index (χ0) is 45.1. The van der Waals surface area contributed by atoms with E-state index in [1.807, 2.05) is 0 Å². The van der Waals surface area contributed by atoms with Gasteiger partial charge in [0.25, 0.3) is 0 Å². The van der Waals surface area contributed by atoms with Crippen LogP contribution in [0.25, 0.3) is 0 Å². The number of hydrogen-bond acceptors (Lipinski definition) is 6. The molecule has 0 bridgehead atoms. The SMILES string of the molecule is CCCCCC/C=C\CCCCCCCCCC(=O)OC(COC(=O)CCCCCCCCC/C=C\CCCCCCCC)COC(=O)CCCCCCCCCCCCCC. The lowest BCUT2D eigenvalue weighted by Gasteiger charge is -2.18. The van der Waals surface area contributed by atoms with E-state index in [0.29, 0.717) is 19.3 Å². The molecule has 6 nitrogen and oxygen atoms in total. The number of allylic oxidation sites excluding steroid dienone is 4. The molecule has 0 aromatic carbocycles. The Labute approximate surface area is 385 Å². The van der Waals surface area contributed by atoms with Crippen molar-refractivity contribution >= 4 is 17.9 Å². The van der Waals surface area contributed by atoms with E-state index in [1.54, 1.807) is 0 Å². The van der Waals surface area contributed by atoms with Gasteiger partial charge in [0, 0.05) is 19.3 Å². The highest BCUT2D eigenvalue weighted by atomic mass is 16.6. The molecule has 0 spiro atoms. The average molecular weight is 873 g/mol. The number of esters is 3. The summed E-state index contributed by atoms with van der Waals surface area (Å²) in [5.41, 5.74) is 0. The minimum absolute atomic E-state index is 0.0704. The van der Waals surface area contributed by atoms with Gasteiger partial charge >= 0.3 is 17.9 Å². The van der Waals surface area contributed by atoms with Gasteiger partial charge < -0.3 is 14.2 Å². The summed E-state index contributed by atoms with van der Waals surface area (Å²) in [5, 5.41) is 0. The minimum atomic E-state index is -0.770. The molecule has 6 heteroatoms. The van der Waals surface area contributed by atoms with Gasteiger partial charge in [-0.1, -0.05) is 231 Å². The Kier molecular flexibility index (Phi) is 49.8. The highest BCUT2D eigenvalue weighted by Gasteiger charge is 2.19. The van der Waals surface area contributed by atoms with Gasteiger partial charge in [0.05, 0.1) is 0 Å². The lowest BCUT2D eigenvalue weighted by atomic mass is 10.0. The van der Waals surface area contributed by atoms with Crippen LogP contribution < -0.4 is 0 Å².